The van der Waals surface area contributed by atoms with Gasteiger partial charge in [-0.25, -0.2) is 0 Å². The summed E-state index contributed by atoms with van der Waals surface area (Å²) < 4.78 is 9.79. The summed E-state index contributed by atoms with van der Waals surface area (Å²) in [5.74, 6) is 0. The van der Waals surface area contributed by atoms with Crippen molar-refractivity contribution >= 4 is 0 Å². The highest BCUT2D eigenvalue weighted by Crippen LogP contribution is 1.73. The second kappa shape index (κ2) is 7.04. The van der Waals surface area contributed by atoms with E-state index in [0.29, 0.717) is 0 Å². The van der Waals surface area contributed by atoms with Gasteiger partial charge in [0.1, 0.15) is 0 Å². The van der Waals surface area contributed by atoms with Gasteiger partial charge in [0.2, 0.25) is 0 Å². The van der Waals surface area contributed by atoms with Crippen LogP contribution in [0.4, 0.5) is 4.53 Å². The van der Waals surface area contributed by atoms with E-state index in [4.69, 9.17) is 0 Å². The molecule has 0 amide bonds. The maximum absolute atomic E-state index is 9.79. The third kappa shape index (κ3) is 7.04. The zero-order chi connectivity index (χ0) is 6.95. The number of aromatic nitrogens is 1. The minimum absolute atomic E-state index is 0.958. The minimum atomic E-state index is 0.958. The van der Waals surface area contributed by atoms with E-state index in [0.717, 1.165) is 7.11 Å². The molecule has 0 radical (unpaired) electrons. The van der Waals surface area contributed by atoms with Gasteiger partial charge in [0.05, 0.1) is 7.11 Å². The highest BCUT2D eigenvalue weighted by atomic mass is 19.3. The number of hydrogen-bond donors (Lipinski definition) is 0. The largest absolute Gasteiger partial charge is 0.265 e. The predicted molar refractivity (Wildman–Crippen MR) is 32.4 cm³/mol. The SMILES string of the molecule is COF.c1ccncc1. The summed E-state index contributed by atoms with van der Waals surface area (Å²) in [6, 6.07) is 5.72. The number of nitrogens with zero attached hydrogens (tertiary/aromatic N) is 1. The molecule has 0 atom stereocenters. The number of pyridine rings is 1. The van der Waals surface area contributed by atoms with Crippen LogP contribution in [0.5, 0.6) is 0 Å². The average Bonchev–Trinajstić information content (AvgIpc) is 1.93. The fourth-order valence-corrected chi connectivity index (χ4v) is 0.313. The van der Waals surface area contributed by atoms with E-state index in [9.17, 15) is 4.53 Å². The van der Waals surface area contributed by atoms with E-state index in [-0.39, 0.29) is 0 Å². The molecule has 50 valence electrons. The highest BCUT2D eigenvalue weighted by Gasteiger charge is 1.58. The Labute approximate surface area is 53.2 Å². The van der Waals surface area contributed by atoms with E-state index in [2.05, 4.69) is 9.93 Å². The van der Waals surface area contributed by atoms with E-state index in [1.807, 2.05) is 18.2 Å². The van der Waals surface area contributed by atoms with Gasteiger partial charge < -0.3 is 0 Å². The Bertz CT molecular complexity index is 95.9. The normalized spacial score (nSPS) is 7.33. The molecule has 9 heavy (non-hydrogen) atoms. The maximum atomic E-state index is 9.79. The quantitative estimate of drug-likeness (QED) is 0.530. The van der Waals surface area contributed by atoms with E-state index in [1.165, 1.54) is 0 Å². The molecule has 0 fully saturated rings. The molecule has 1 aromatic rings. The Hall–Kier alpha value is -0.960. The first-order chi connectivity index (χ1) is 4.41. The molecule has 0 saturated heterocycles. The second-order valence-electron chi connectivity index (χ2n) is 1.18. The summed E-state index contributed by atoms with van der Waals surface area (Å²) in [5, 5.41) is 0. The van der Waals surface area contributed by atoms with Gasteiger partial charge in [-0.2, -0.15) is 4.94 Å². The van der Waals surface area contributed by atoms with Crippen LogP contribution in [-0.4, -0.2) is 12.1 Å². The lowest BCUT2D eigenvalue weighted by atomic mass is 10.5. The van der Waals surface area contributed by atoms with Crippen LogP contribution in [0.2, 0.25) is 0 Å². The standard InChI is InChI=1S/C5H5N.CH3FO/c1-2-4-6-5-3-1;1-3-2/h1-5H;1H3. The summed E-state index contributed by atoms with van der Waals surface area (Å²) in [5.41, 5.74) is 0. The molecule has 1 heterocycles. The van der Waals surface area contributed by atoms with Crippen molar-refractivity contribution in [3.05, 3.63) is 30.6 Å². The van der Waals surface area contributed by atoms with Crippen LogP contribution in [0.1, 0.15) is 0 Å². The summed E-state index contributed by atoms with van der Waals surface area (Å²) in [4.78, 5) is 6.53. The molecule has 0 aliphatic carbocycles. The predicted octanol–water partition coefficient (Wildman–Crippen LogP) is 1.60. The van der Waals surface area contributed by atoms with Gasteiger partial charge in [0, 0.05) is 12.4 Å². The number of hydrogen-bond acceptors (Lipinski definition) is 2. The zero-order valence-electron chi connectivity index (χ0n) is 5.12. The molecule has 0 saturated carbocycles. The Morgan fingerprint density at radius 1 is 1.22 bits per heavy atom. The topological polar surface area (TPSA) is 22.1 Å². The van der Waals surface area contributed by atoms with Crippen LogP contribution >= 0.6 is 0 Å². The van der Waals surface area contributed by atoms with Crippen LogP contribution in [0.15, 0.2) is 30.6 Å². The number of rotatable bonds is 0. The van der Waals surface area contributed by atoms with Gasteiger partial charge in [-0.15, -0.1) is 0 Å². The van der Waals surface area contributed by atoms with Gasteiger partial charge in [0.15, 0.2) is 0 Å². The minimum Gasteiger partial charge on any atom is -0.265 e. The molecule has 0 N–H and O–H groups in total. The van der Waals surface area contributed by atoms with E-state index in [1.54, 1.807) is 12.4 Å². The van der Waals surface area contributed by atoms with Crippen molar-refractivity contribution in [1.82, 2.24) is 4.98 Å². The zero-order valence-corrected chi connectivity index (χ0v) is 5.12. The molecule has 0 aliphatic rings. The van der Waals surface area contributed by atoms with Crippen LogP contribution in [0.3, 0.4) is 0 Å². The lowest BCUT2D eigenvalue weighted by Crippen LogP contribution is -1.58. The molecule has 2 nitrogen and oxygen atoms in total. The first kappa shape index (κ1) is 8.04. The summed E-state index contributed by atoms with van der Waals surface area (Å²) in [6.07, 6.45) is 3.50. The first-order valence-corrected chi connectivity index (χ1v) is 2.41. The fraction of sp³-hybridized carbons (Fsp3) is 0.167. The molecular formula is C6H8FNO. The van der Waals surface area contributed by atoms with Gasteiger partial charge in [-0.3, -0.25) is 4.98 Å². The average molecular weight is 129 g/mol. The van der Waals surface area contributed by atoms with Crippen LogP contribution in [0.25, 0.3) is 0 Å². The molecule has 1 rings (SSSR count). The Morgan fingerprint density at radius 3 is 1.78 bits per heavy atom. The molecule has 0 aliphatic heterocycles. The highest BCUT2D eigenvalue weighted by molar-refractivity contribution is 4.88. The third-order valence-corrected chi connectivity index (χ3v) is 0.566. The van der Waals surface area contributed by atoms with Gasteiger partial charge in [-0.1, -0.05) is 6.07 Å². The fourth-order valence-electron chi connectivity index (χ4n) is 0.313. The van der Waals surface area contributed by atoms with Crippen molar-refractivity contribution in [2.24, 2.45) is 0 Å². The third-order valence-electron chi connectivity index (χ3n) is 0.566. The molecule has 0 unspecified atom stereocenters. The molecular weight excluding hydrogens is 121 g/mol. The van der Waals surface area contributed by atoms with Crippen molar-refractivity contribution in [2.75, 3.05) is 7.11 Å². The summed E-state index contributed by atoms with van der Waals surface area (Å²) in [7, 11) is 0.958. The maximum Gasteiger partial charge on any atom is 0.0766 e. The van der Waals surface area contributed by atoms with E-state index < -0.39 is 0 Å². The lowest BCUT2D eigenvalue weighted by Gasteiger charge is -1.70. The smallest absolute Gasteiger partial charge is 0.0766 e. The Balaban J connectivity index is 0.000000187. The molecule has 1 aromatic heterocycles. The summed E-state index contributed by atoms with van der Waals surface area (Å²) in [6.45, 7) is 0. The first-order valence-electron chi connectivity index (χ1n) is 2.41. The van der Waals surface area contributed by atoms with Crippen molar-refractivity contribution < 1.29 is 9.47 Å². The molecule has 0 spiro atoms. The lowest BCUT2D eigenvalue weighted by molar-refractivity contribution is -0.0960. The molecule has 0 bridgehead atoms. The van der Waals surface area contributed by atoms with Crippen LogP contribution < -0.4 is 0 Å². The van der Waals surface area contributed by atoms with E-state index >= 15 is 0 Å². The molecule has 0 aromatic carbocycles. The van der Waals surface area contributed by atoms with Crippen molar-refractivity contribution in [3.8, 4) is 0 Å². The van der Waals surface area contributed by atoms with Crippen molar-refractivity contribution in [2.45, 2.75) is 0 Å². The van der Waals surface area contributed by atoms with Crippen molar-refractivity contribution in [1.29, 1.82) is 0 Å². The van der Waals surface area contributed by atoms with Crippen LogP contribution in [-0.2, 0) is 4.94 Å². The van der Waals surface area contributed by atoms with Gasteiger partial charge >= 0.3 is 0 Å². The van der Waals surface area contributed by atoms with Crippen LogP contribution in [0, 0.1) is 0 Å². The van der Waals surface area contributed by atoms with Gasteiger partial charge in [-0.05, 0) is 16.7 Å². The Morgan fingerprint density at radius 2 is 1.67 bits per heavy atom. The number of halogens is 1. The van der Waals surface area contributed by atoms with Crippen molar-refractivity contribution in [3.63, 3.8) is 0 Å². The monoisotopic (exact) mass is 129 g/mol. The second-order valence-corrected chi connectivity index (χ2v) is 1.18. The molecule has 3 heteroatoms. The Kier molecular flexibility index (Phi) is 6.29. The summed E-state index contributed by atoms with van der Waals surface area (Å²) >= 11 is 0. The van der Waals surface area contributed by atoms with Gasteiger partial charge in [0.25, 0.3) is 0 Å².